The lowest BCUT2D eigenvalue weighted by Crippen LogP contribution is -2.05. The number of rotatable bonds is 4. The van der Waals surface area contributed by atoms with Crippen LogP contribution in [0.4, 0.5) is 5.69 Å². The summed E-state index contributed by atoms with van der Waals surface area (Å²) in [5.41, 5.74) is 1.53. The van der Waals surface area contributed by atoms with Crippen molar-refractivity contribution >= 4 is 5.69 Å². The Balaban J connectivity index is 3.48. The van der Waals surface area contributed by atoms with E-state index in [1.54, 1.807) is 4.68 Å². The van der Waals surface area contributed by atoms with E-state index in [1.165, 1.54) is 0 Å². The van der Waals surface area contributed by atoms with Gasteiger partial charge in [0.2, 0.25) is 0 Å². The first-order valence-corrected chi connectivity index (χ1v) is 5.65. The van der Waals surface area contributed by atoms with Gasteiger partial charge in [-0.25, -0.2) is 0 Å². The van der Waals surface area contributed by atoms with Crippen LogP contribution in [0.3, 0.4) is 0 Å². The van der Waals surface area contributed by atoms with Crippen LogP contribution in [0.5, 0.6) is 0 Å². The lowest BCUT2D eigenvalue weighted by molar-refractivity contribution is -0.386. The molecule has 0 saturated heterocycles. The quantitative estimate of drug-likeness (QED) is 0.584. The fourth-order valence-electron chi connectivity index (χ4n) is 1.87. The largest absolute Gasteiger partial charge is 0.313 e. The van der Waals surface area contributed by atoms with E-state index in [0.29, 0.717) is 12.2 Å². The second-order valence-electron chi connectivity index (χ2n) is 4.50. The van der Waals surface area contributed by atoms with Crippen molar-refractivity contribution in [1.82, 2.24) is 9.78 Å². The molecule has 0 spiro atoms. The van der Waals surface area contributed by atoms with Crippen molar-refractivity contribution in [1.29, 1.82) is 0 Å². The molecule has 0 aromatic carbocycles. The molecule has 0 saturated carbocycles. The second-order valence-corrected chi connectivity index (χ2v) is 4.50. The topological polar surface area (TPSA) is 61.0 Å². The summed E-state index contributed by atoms with van der Waals surface area (Å²) < 4.78 is 1.75. The minimum absolute atomic E-state index is 0.0747. The Bertz CT molecular complexity index is 394. The molecule has 5 nitrogen and oxygen atoms in total. The summed E-state index contributed by atoms with van der Waals surface area (Å²) in [6.07, 6.45) is 0. The van der Waals surface area contributed by atoms with Crippen molar-refractivity contribution in [2.75, 3.05) is 0 Å². The summed E-state index contributed by atoms with van der Waals surface area (Å²) >= 11 is 0. The van der Waals surface area contributed by atoms with E-state index in [1.807, 2.05) is 34.6 Å². The number of nitro groups is 1. The Morgan fingerprint density at radius 1 is 1.31 bits per heavy atom. The van der Waals surface area contributed by atoms with Gasteiger partial charge in [0, 0.05) is 18.4 Å². The van der Waals surface area contributed by atoms with Gasteiger partial charge < -0.3 is 0 Å². The summed E-state index contributed by atoms with van der Waals surface area (Å²) in [5.74, 6) is 0.186. The van der Waals surface area contributed by atoms with Gasteiger partial charge in [0.05, 0.1) is 4.92 Å². The zero-order chi connectivity index (χ0) is 12.5. The van der Waals surface area contributed by atoms with Crippen LogP contribution < -0.4 is 0 Å². The highest BCUT2D eigenvalue weighted by molar-refractivity contribution is 5.44. The van der Waals surface area contributed by atoms with Gasteiger partial charge in [-0.1, -0.05) is 27.7 Å². The lowest BCUT2D eigenvalue weighted by atomic mass is 10.0. The van der Waals surface area contributed by atoms with Crippen molar-refractivity contribution in [3.63, 3.8) is 0 Å². The first-order chi connectivity index (χ1) is 7.40. The van der Waals surface area contributed by atoms with Gasteiger partial charge in [-0.05, 0) is 6.92 Å². The summed E-state index contributed by atoms with van der Waals surface area (Å²) in [4.78, 5) is 10.8. The number of hydrogen-bond donors (Lipinski definition) is 0. The molecule has 0 bridgehead atoms. The molecule has 0 fully saturated rings. The van der Waals surface area contributed by atoms with Crippen molar-refractivity contribution in [3.8, 4) is 0 Å². The van der Waals surface area contributed by atoms with Gasteiger partial charge in [0.15, 0.2) is 0 Å². The monoisotopic (exact) mass is 225 g/mol. The summed E-state index contributed by atoms with van der Waals surface area (Å²) in [7, 11) is 0. The molecule has 0 amide bonds. The van der Waals surface area contributed by atoms with Gasteiger partial charge in [0.1, 0.15) is 11.4 Å². The molecular formula is C11H19N3O2. The first-order valence-electron chi connectivity index (χ1n) is 5.65. The lowest BCUT2D eigenvalue weighted by Gasteiger charge is -2.06. The molecule has 0 aliphatic carbocycles. The highest BCUT2D eigenvalue weighted by Crippen LogP contribution is 2.33. The van der Waals surface area contributed by atoms with Gasteiger partial charge in [-0.2, -0.15) is 5.10 Å². The van der Waals surface area contributed by atoms with Crippen LogP contribution in [0.25, 0.3) is 0 Å². The molecule has 0 unspecified atom stereocenters. The standard InChI is InChI=1S/C11H19N3O2/c1-6-13-10(8(4)5)11(14(15)16)9(12-13)7(2)3/h7-8H,6H2,1-5H3. The molecule has 5 heteroatoms. The molecule has 1 rings (SSSR count). The van der Waals surface area contributed by atoms with Crippen molar-refractivity contribution < 1.29 is 4.92 Å². The maximum Gasteiger partial charge on any atom is 0.313 e. The highest BCUT2D eigenvalue weighted by Gasteiger charge is 2.30. The molecule has 1 aromatic heterocycles. The molecule has 1 heterocycles. The van der Waals surface area contributed by atoms with Crippen LogP contribution in [0.2, 0.25) is 0 Å². The van der Waals surface area contributed by atoms with Crippen LogP contribution in [0.15, 0.2) is 0 Å². The van der Waals surface area contributed by atoms with E-state index < -0.39 is 0 Å². The first kappa shape index (κ1) is 12.7. The zero-order valence-corrected chi connectivity index (χ0v) is 10.5. The van der Waals surface area contributed by atoms with Crippen LogP contribution in [-0.4, -0.2) is 14.7 Å². The van der Waals surface area contributed by atoms with Crippen LogP contribution in [0, 0.1) is 10.1 Å². The molecule has 0 aliphatic heterocycles. The molecular weight excluding hydrogens is 206 g/mol. The van der Waals surface area contributed by atoms with E-state index in [0.717, 1.165) is 5.69 Å². The van der Waals surface area contributed by atoms with E-state index in [9.17, 15) is 10.1 Å². The van der Waals surface area contributed by atoms with Crippen molar-refractivity contribution in [2.24, 2.45) is 0 Å². The summed E-state index contributed by atoms with van der Waals surface area (Å²) in [6.45, 7) is 10.4. The predicted molar refractivity (Wildman–Crippen MR) is 62.7 cm³/mol. The van der Waals surface area contributed by atoms with Gasteiger partial charge in [-0.15, -0.1) is 0 Å². The van der Waals surface area contributed by atoms with E-state index in [-0.39, 0.29) is 22.4 Å². The van der Waals surface area contributed by atoms with Crippen LogP contribution in [0.1, 0.15) is 57.8 Å². The minimum atomic E-state index is -0.302. The Hall–Kier alpha value is -1.39. The number of aryl methyl sites for hydroxylation is 1. The molecule has 1 aromatic rings. The maximum absolute atomic E-state index is 11.1. The number of nitrogens with zero attached hydrogens (tertiary/aromatic N) is 3. The Kier molecular flexibility index (Phi) is 3.67. The van der Waals surface area contributed by atoms with Crippen molar-refractivity contribution in [3.05, 3.63) is 21.5 Å². The van der Waals surface area contributed by atoms with Crippen molar-refractivity contribution in [2.45, 2.75) is 53.0 Å². The smallest absolute Gasteiger partial charge is 0.262 e. The van der Waals surface area contributed by atoms with E-state index in [4.69, 9.17) is 0 Å². The van der Waals surface area contributed by atoms with Crippen LogP contribution >= 0.6 is 0 Å². The second kappa shape index (κ2) is 4.63. The molecule has 0 N–H and O–H groups in total. The minimum Gasteiger partial charge on any atom is -0.262 e. The number of aromatic nitrogens is 2. The van der Waals surface area contributed by atoms with Crippen LogP contribution in [-0.2, 0) is 6.54 Å². The Labute approximate surface area is 95.6 Å². The Morgan fingerprint density at radius 2 is 1.88 bits per heavy atom. The molecule has 16 heavy (non-hydrogen) atoms. The average Bonchev–Trinajstić information content (AvgIpc) is 2.56. The predicted octanol–water partition coefficient (Wildman–Crippen LogP) is 3.06. The number of hydrogen-bond acceptors (Lipinski definition) is 3. The maximum atomic E-state index is 11.1. The zero-order valence-electron chi connectivity index (χ0n) is 10.5. The van der Waals surface area contributed by atoms with Gasteiger partial charge in [0.25, 0.3) is 0 Å². The third-order valence-electron chi connectivity index (χ3n) is 2.57. The highest BCUT2D eigenvalue weighted by atomic mass is 16.6. The molecule has 90 valence electrons. The fraction of sp³-hybridized carbons (Fsp3) is 0.727. The molecule has 0 atom stereocenters. The molecule has 0 aliphatic rings. The normalized spacial score (nSPS) is 11.4. The van der Waals surface area contributed by atoms with E-state index >= 15 is 0 Å². The van der Waals surface area contributed by atoms with E-state index in [2.05, 4.69) is 5.10 Å². The Morgan fingerprint density at radius 3 is 2.19 bits per heavy atom. The summed E-state index contributed by atoms with van der Waals surface area (Å²) in [5, 5.41) is 15.5. The van der Waals surface area contributed by atoms with Gasteiger partial charge >= 0.3 is 5.69 Å². The summed E-state index contributed by atoms with van der Waals surface area (Å²) in [6, 6.07) is 0. The SMILES string of the molecule is CCn1nc(C(C)C)c([N+](=O)[O-])c1C(C)C. The average molecular weight is 225 g/mol. The third-order valence-corrected chi connectivity index (χ3v) is 2.57. The fourth-order valence-corrected chi connectivity index (χ4v) is 1.87. The molecule has 0 radical (unpaired) electrons. The third kappa shape index (κ3) is 2.08. The van der Waals surface area contributed by atoms with Gasteiger partial charge in [-0.3, -0.25) is 14.8 Å².